The predicted octanol–water partition coefficient (Wildman–Crippen LogP) is 4.62. The minimum absolute atomic E-state index is 0.316. The topological polar surface area (TPSA) is 48.1 Å². The third-order valence-corrected chi connectivity index (χ3v) is 6.77. The number of hydrogen-bond acceptors (Lipinski definition) is 4. The van der Waals surface area contributed by atoms with Crippen molar-refractivity contribution in [1.82, 2.24) is 14.7 Å². The van der Waals surface area contributed by atoms with Crippen molar-refractivity contribution >= 4 is 5.69 Å². The van der Waals surface area contributed by atoms with Gasteiger partial charge in [-0.1, -0.05) is 12.1 Å². The highest BCUT2D eigenvalue weighted by molar-refractivity contribution is 5.59. The normalized spacial score (nSPS) is 21.6. The zero-order chi connectivity index (χ0) is 22.1. The van der Waals surface area contributed by atoms with Crippen LogP contribution in [0.2, 0.25) is 0 Å². The van der Waals surface area contributed by atoms with Crippen LogP contribution in [0.4, 0.5) is 14.5 Å². The first-order chi connectivity index (χ1) is 15.6. The summed E-state index contributed by atoms with van der Waals surface area (Å²) in [5.74, 6) is -1.70. The van der Waals surface area contributed by atoms with Crippen molar-refractivity contribution in [3.63, 3.8) is 0 Å². The molecule has 0 N–H and O–H groups in total. The van der Waals surface area contributed by atoms with E-state index in [1.165, 1.54) is 6.07 Å². The Morgan fingerprint density at radius 3 is 2.47 bits per heavy atom. The molecule has 2 aromatic carbocycles. The third kappa shape index (κ3) is 3.98. The zero-order valence-corrected chi connectivity index (χ0v) is 17.8. The first-order valence-corrected chi connectivity index (χ1v) is 11.1. The third-order valence-electron chi connectivity index (χ3n) is 6.77. The van der Waals surface area contributed by atoms with Gasteiger partial charge in [0, 0.05) is 44.0 Å². The second kappa shape index (κ2) is 8.71. The maximum Gasteiger partial charge on any atom is 0.159 e. The number of nitriles is 1. The van der Waals surface area contributed by atoms with E-state index in [-0.39, 0.29) is 0 Å². The molecule has 32 heavy (non-hydrogen) atoms. The summed E-state index contributed by atoms with van der Waals surface area (Å²) in [4.78, 5) is 4.87. The SMILES string of the molecule is N#Cc1ccccc1N1CCN([C@H]2CC[C@@H](n3ccc(-c4ccc(F)c(F)c4)n3)C2)CC1. The average molecular weight is 434 g/mol. The molecular formula is C25H25F2N5. The van der Waals surface area contributed by atoms with Gasteiger partial charge in [0.1, 0.15) is 6.07 Å². The Bertz CT molecular complexity index is 1140. The van der Waals surface area contributed by atoms with E-state index >= 15 is 0 Å². The molecule has 0 spiro atoms. The lowest BCUT2D eigenvalue weighted by Crippen LogP contribution is -2.50. The molecule has 2 atom stereocenters. The van der Waals surface area contributed by atoms with Crippen molar-refractivity contribution < 1.29 is 8.78 Å². The van der Waals surface area contributed by atoms with Crippen molar-refractivity contribution in [2.75, 3.05) is 31.1 Å². The number of anilines is 1. The van der Waals surface area contributed by atoms with Crippen LogP contribution in [-0.4, -0.2) is 46.9 Å². The van der Waals surface area contributed by atoms with Gasteiger partial charge in [0.2, 0.25) is 0 Å². The first kappa shape index (κ1) is 20.7. The van der Waals surface area contributed by atoms with Crippen molar-refractivity contribution in [3.05, 3.63) is 71.9 Å². The summed E-state index contributed by atoms with van der Waals surface area (Å²) in [6, 6.07) is 16.7. The molecular weight excluding hydrogens is 408 g/mol. The molecule has 1 saturated carbocycles. The largest absolute Gasteiger partial charge is 0.368 e. The summed E-state index contributed by atoms with van der Waals surface area (Å²) in [5.41, 5.74) is 3.01. The number of rotatable bonds is 4. The molecule has 2 fully saturated rings. The molecule has 2 aliphatic rings. The lowest BCUT2D eigenvalue weighted by Gasteiger charge is -2.39. The number of benzene rings is 2. The van der Waals surface area contributed by atoms with Gasteiger partial charge in [0.25, 0.3) is 0 Å². The molecule has 2 heterocycles. The van der Waals surface area contributed by atoms with Crippen LogP contribution in [0.5, 0.6) is 0 Å². The summed E-state index contributed by atoms with van der Waals surface area (Å²) in [5, 5.41) is 14.0. The van der Waals surface area contributed by atoms with Crippen molar-refractivity contribution in [3.8, 4) is 17.3 Å². The molecule has 1 aromatic heterocycles. The zero-order valence-electron chi connectivity index (χ0n) is 17.8. The van der Waals surface area contributed by atoms with Crippen LogP contribution in [0.15, 0.2) is 54.7 Å². The smallest absolute Gasteiger partial charge is 0.159 e. The Balaban J connectivity index is 1.20. The van der Waals surface area contributed by atoms with E-state index in [0.29, 0.717) is 23.3 Å². The molecule has 1 saturated heterocycles. The molecule has 1 aliphatic heterocycles. The van der Waals surface area contributed by atoms with Crippen LogP contribution in [0.25, 0.3) is 11.3 Å². The number of hydrogen-bond donors (Lipinski definition) is 0. The lowest BCUT2D eigenvalue weighted by atomic mass is 10.1. The standard InChI is InChI=1S/C25H25F2N5/c26-22-8-5-18(15-23(22)27)24-9-10-32(29-24)21-7-6-20(16-21)30-11-13-31(14-12-30)25-4-2-1-3-19(25)17-28/h1-5,8-10,15,20-21H,6-7,11-14,16H2/t20-,21+/m0/s1. The van der Waals surface area contributed by atoms with Crippen LogP contribution in [0.1, 0.15) is 30.9 Å². The Morgan fingerprint density at radius 2 is 1.69 bits per heavy atom. The van der Waals surface area contributed by atoms with Gasteiger partial charge in [-0.15, -0.1) is 0 Å². The fraction of sp³-hybridized carbons (Fsp3) is 0.360. The number of halogens is 2. The highest BCUT2D eigenvalue weighted by Gasteiger charge is 2.32. The Hall–Kier alpha value is -3.24. The van der Waals surface area contributed by atoms with E-state index in [1.54, 1.807) is 6.07 Å². The predicted molar refractivity (Wildman–Crippen MR) is 119 cm³/mol. The van der Waals surface area contributed by atoms with Gasteiger partial charge >= 0.3 is 0 Å². The number of aromatic nitrogens is 2. The van der Waals surface area contributed by atoms with Crippen molar-refractivity contribution in [2.24, 2.45) is 0 Å². The maximum absolute atomic E-state index is 13.6. The number of nitrogens with zero attached hydrogens (tertiary/aromatic N) is 5. The molecule has 3 aromatic rings. The van der Waals surface area contributed by atoms with Crippen molar-refractivity contribution in [1.29, 1.82) is 5.26 Å². The highest BCUT2D eigenvalue weighted by atomic mass is 19.2. The van der Waals surface area contributed by atoms with E-state index < -0.39 is 11.6 Å². The van der Waals surface area contributed by atoms with Gasteiger partial charge in [0.05, 0.1) is 23.0 Å². The summed E-state index contributed by atoms with van der Waals surface area (Å²) >= 11 is 0. The lowest BCUT2D eigenvalue weighted by molar-refractivity contribution is 0.183. The monoisotopic (exact) mass is 433 g/mol. The molecule has 0 amide bonds. The minimum Gasteiger partial charge on any atom is -0.368 e. The molecule has 5 rings (SSSR count). The van der Waals surface area contributed by atoms with Gasteiger partial charge in [-0.25, -0.2) is 8.78 Å². The molecule has 0 unspecified atom stereocenters. The van der Waals surface area contributed by atoms with Crippen molar-refractivity contribution in [2.45, 2.75) is 31.3 Å². The number of piperazine rings is 1. The maximum atomic E-state index is 13.6. The van der Waals surface area contributed by atoms with Gasteiger partial charge in [-0.2, -0.15) is 10.4 Å². The first-order valence-electron chi connectivity index (χ1n) is 11.1. The molecule has 5 nitrogen and oxygen atoms in total. The Morgan fingerprint density at radius 1 is 0.906 bits per heavy atom. The van der Waals surface area contributed by atoms with Crippen LogP contribution >= 0.6 is 0 Å². The van der Waals surface area contributed by atoms with Gasteiger partial charge in [0.15, 0.2) is 11.6 Å². The molecule has 0 bridgehead atoms. The Labute approximate surface area is 186 Å². The fourth-order valence-corrected chi connectivity index (χ4v) is 5.03. The van der Waals surface area contributed by atoms with Crippen LogP contribution in [0, 0.1) is 23.0 Å². The average Bonchev–Trinajstić information content (AvgIpc) is 3.51. The fourth-order valence-electron chi connectivity index (χ4n) is 5.03. The minimum atomic E-state index is -0.852. The van der Waals surface area contributed by atoms with E-state index in [9.17, 15) is 14.0 Å². The summed E-state index contributed by atoms with van der Waals surface area (Å²) < 4.78 is 28.8. The van der Waals surface area contributed by atoms with Crippen LogP contribution < -0.4 is 4.90 Å². The van der Waals surface area contributed by atoms with Crippen LogP contribution in [-0.2, 0) is 0 Å². The second-order valence-corrected chi connectivity index (χ2v) is 8.58. The number of para-hydroxylation sites is 1. The van der Waals surface area contributed by atoms with E-state index in [1.807, 2.05) is 41.2 Å². The van der Waals surface area contributed by atoms with Crippen LogP contribution in [0.3, 0.4) is 0 Å². The second-order valence-electron chi connectivity index (χ2n) is 8.58. The summed E-state index contributed by atoms with van der Waals surface area (Å²) in [7, 11) is 0. The van der Waals surface area contributed by atoms with E-state index in [4.69, 9.17) is 0 Å². The van der Waals surface area contributed by atoms with Gasteiger partial charge in [-0.3, -0.25) is 9.58 Å². The Kier molecular flexibility index (Phi) is 5.62. The quantitative estimate of drug-likeness (QED) is 0.603. The summed E-state index contributed by atoms with van der Waals surface area (Å²) in [6.45, 7) is 3.80. The molecule has 1 aliphatic carbocycles. The molecule has 0 radical (unpaired) electrons. The molecule has 7 heteroatoms. The van der Waals surface area contributed by atoms with Gasteiger partial charge in [-0.05, 0) is 55.7 Å². The summed E-state index contributed by atoms with van der Waals surface area (Å²) in [6.07, 6.45) is 5.16. The van der Waals surface area contributed by atoms with Gasteiger partial charge < -0.3 is 4.90 Å². The van der Waals surface area contributed by atoms with E-state index in [2.05, 4.69) is 21.0 Å². The highest BCUT2D eigenvalue weighted by Crippen LogP contribution is 2.34. The molecule has 164 valence electrons. The van der Waals surface area contributed by atoms with E-state index in [0.717, 1.165) is 62.8 Å².